The molecule has 0 fully saturated rings. The van der Waals surface area contributed by atoms with E-state index >= 15 is 0 Å². The molecule has 1 aromatic heterocycles. The van der Waals surface area contributed by atoms with Crippen LogP contribution in [0.25, 0.3) is 0 Å². The largest absolute Gasteiger partial charge is 0.490 e. The Labute approximate surface area is 157 Å². The smallest absolute Gasteiger partial charge is 0.297 e. The predicted molar refractivity (Wildman–Crippen MR) is 105 cm³/mol. The van der Waals surface area contributed by atoms with Crippen molar-refractivity contribution in [3.8, 4) is 5.75 Å². The number of hydrogen-bond donors (Lipinski definition) is 1. The average Bonchev–Trinajstić information content (AvgIpc) is 2.63. The lowest BCUT2D eigenvalue weighted by Gasteiger charge is -2.16. The second-order valence-corrected chi connectivity index (χ2v) is 6.48. The molecule has 134 valence electrons. The summed E-state index contributed by atoms with van der Waals surface area (Å²) in [5.41, 5.74) is 3.53. The van der Waals surface area contributed by atoms with Gasteiger partial charge >= 0.3 is 0 Å². The van der Waals surface area contributed by atoms with Crippen LogP contribution < -0.4 is 15.6 Å². The molecule has 3 rings (SSSR count). The van der Waals surface area contributed by atoms with Crippen molar-refractivity contribution in [3.63, 3.8) is 0 Å². The molecule has 3 aromatic rings. The van der Waals surface area contributed by atoms with Crippen LogP contribution in [0, 0.1) is 13.8 Å². The Morgan fingerprint density at radius 3 is 2.58 bits per heavy atom. The number of aromatic nitrogens is 2. The molecule has 0 atom stereocenters. The van der Waals surface area contributed by atoms with Crippen molar-refractivity contribution in [1.29, 1.82) is 0 Å². The monoisotopic (exact) mass is 369 g/mol. The number of benzene rings is 2. The van der Waals surface area contributed by atoms with Crippen LogP contribution in [-0.4, -0.2) is 16.7 Å². The van der Waals surface area contributed by atoms with Crippen LogP contribution in [0.1, 0.15) is 16.7 Å². The molecule has 0 radical (unpaired) electrons. The maximum absolute atomic E-state index is 12.8. The van der Waals surface area contributed by atoms with Crippen LogP contribution in [0.15, 0.2) is 53.5 Å². The molecule has 26 heavy (non-hydrogen) atoms. The van der Waals surface area contributed by atoms with Crippen LogP contribution >= 0.6 is 11.6 Å². The topological polar surface area (TPSA) is 56.1 Å². The first-order valence-corrected chi connectivity index (χ1v) is 8.59. The van der Waals surface area contributed by atoms with Crippen molar-refractivity contribution >= 4 is 23.2 Å². The zero-order chi connectivity index (χ0) is 18.7. The quantitative estimate of drug-likeness (QED) is 0.728. The number of aryl methyl sites for hydroxylation is 2. The van der Waals surface area contributed by atoms with Crippen LogP contribution in [0.2, 0.25) is 5.02 Å². The molecule has 0 aliphatic heterocycles. The summed E-state index contributed by atoms with van der Waals surface area (Å²) in [5, 5.41) is 3.96. The summed E-state index contributed by atoms with van der Waals surface area (Å²) in [5.74, 6) is 0.653. The third-order valence-corrected chi connectivity index (χ3v) is 4.58. The van der Waals surface area contributed by atoms with Gasteiger partial charge in [-0.3, -0.25) is 9.36 Å². The van der Waals surface area contributed by atoms with E-state index in [1.807, 2.05) is 56.3 Å². The zero-order valence-electron chi connectivity index (χ0n) is 14.9. The lowest BCUT2D eigenvalue weighted by atomic mass is 10.1. The third kappa shape index (κ3) is 3.73. The van der Waals surface area contributed by atoms with Gasteiger partial charge in [-0.15, -0.1) is 0 Å². The number of nitrogens with zero attached hydrogens (tertiary/aromatic N) is 2. The third-order valence-electron chi connectivity index (χ3n) is 4.17. The summed E-state index contributed by atoms with van der Waals surface area (Å²) in [6.45, 7) is 4.28. The van der Waals surface area contributed by atoms with Crippen LogP contribution in [0.5, 0.6) is 5.75 Å². The van der Waals surface area contributed by atoms with E-state index in [9.17, 15) is 4.79 Å². The second kappa shape index (κ2) is 7.62. The zero-order valence-corrected chi connectivity index (χ0v) is 15.7. The molecule has 0 amide bonds. The summed E-state index contributed by atoms with van der Waals surface area (Å²) in [4.78, 5) is 17.1. The van der Waals surface area contributed by atoms with Crippen LogP contribution in [0.4, 0.5) is 11.6 Å². The number of rotatable bonds is 5. The minimum atomic E-state index is -0.239. The number of nitrogens with one attached hydrogen (secondary N) is 1. The minimum absolute atomic E-state index is 0.204. The Hall–Kier alpha value is -2.79. The number of anilines is 2. The molecular formula is C20H20ClN3O2. The van der Waals surface area contributed by atoms with Crippen molar-refractivity contribution in [1.82, 2.24) is 9.55 Å². The highest BCUT2D eigenvalue weighted by Crippen LogP contribution is 2.26. The van der Waals surface area contributed by atoms with E-state index in [0.717, 1.165) is 22.4 Å². The van der Waals surface area contributed by atoms with E-state index in [-0.39, 0.29) is 11.3 Å². The van der Waals surface area contributed by atoms with Gasteiger partial charge in [0.25, 0.3) is 5.56 Å². The summed E-state index contributed by atoms with van der Waals surface area (Å²) < 4.78 is 6.71. The second-order valence-electron chi connectivity index (χ2n) is 6.07. The van der Waals surface area contributed by atoms with Gasteiger partial charge in [-0.2, -0.15) is 0 Å². The highest BCUT2D eigenvalue weighted by Gasteiger charge is 2.13. The SMILES string of the molecule is COc1cnc(Nc2cc(C)c(Cl)cc2C)n(Cc2ccccc2)c1=O. The Morgan fingerprint density at radius 1 is 1.15 bits per heavy atom. The van der Waals surface area contributed by atoms with Gasteiger partial charge in [0, 0.05) is 10.7 Å². The lowest BCUT2D eigenvalue weighted by Crippen LogP contribution is -2.25. The van der Waals surface area contributed by atoms with Crippen molar-refractivity contribution in [2.45, 2.75) is 20.4 Å². The van der Waals surface area contributed by atoms with E-state index in [2.05, 4.69) is 10.3 Å². The minimum Gasteiger partial charge on any atom is -0.490 e. The molecule has 5 nitrogen and oxygen atoms in total. The summed E-state index contributed by atoms with van der Waals surface area (Å²) in [6, 6.07) is 13.6. The fraction of sp³-hybridized carbons (Fsp3) is 0.200. The molecule has 0 saturated carbocycles. The van der Waals surface area contributed by atoms with Gasteiger partial charge in [0.05, 0.1) is 19.9 Å². The van der Waals surface area contributed by atoms with Gasteiger partial charge in [0.1, 0.15) is 0 Å². The van der Waals surface area contributed by atoms with Gasteiger partial charge in [0.15, 0.2) is 0 Å². The Kier molecular flexibility index (Phi) is 5.28. The highest BCUT2D eigenvalue weighted by atomic mass is 35.5. The van der Waals surface area contributed by atoms with Gasteiger partial charge in [-0.25, -0.2) is 4.98 Å². The molecule has 0 spiro atoms. The first kappa shape index (κ1) is 18.0. The number of methoxy groups -OCH3 is 1. The summed E-state index contributed by atoms with van der Waals surface area (Å²) >= 11 is 6.18. The number of ether oxygens (including phenoxy) is 1. The standard InChI is InChI=1S/C20H20ClN3O2/c1-13-10-17(14(2)9-16(13)21)23-20-22-11-18(26-3)19(25)24(20)12-15-7-5-4-6-8-15/h4-11H,12H2,1-3H3,(H,22,23). The fourth-order valence-electron chi connectivity index (χ4n) is 2.66. The molecule has 0 saturated heterocycles. The lowest BCUT2D eigenvalue weighted by molar-refractivity contribution is 0.401. The molecule has 6 heteroatoms. The predicted octanol–water partition coefficient (Wildman–Crippen LogP) is 4.31. The van der Waals surface area contributed by atoms with Crippen molar-refractivity contribution in [2.24, 2.45) is 0 Å². The van der Waals surface area contributed by atoms with Gasteiger partial charge in [-0.1, -0.05) is 41.9 Å². The molecule has 1 N–H and O–H groups in total. The first-order valence-electron chi connectivity index (χ1n) is 8.21. The number of halogens is 1. The Morgan fingerprint density at radius 2 is 1.88 bits per heavy atom. The molecule has 0 aliphatic carbocycles. The van der Waals surface area contributed by atoms with Crippen molar-refractivity contribution in [2.75, 3.05) is 12.4 Å². The summed E-state index contributed by atoms with van der Waals surface area (Å²) in [7, 11) is 1.46. The Balaban J connectivity index is 2.05. The van der Waals surface area contributed by atoms with Gasteiger partial charge in [0.2, 0.25) is 11.7 Å². The highest BCUT2D eigenvalue weighted by molar-refractivity contribution is 6.31. The molecule has 0 aliphatic rings. The molecular weight excluding hydrogens is 350 g/mol. The van der Waals surface area contributed by atoms with E-state index in [4.69, 9.17) is 16.3 Å². The maximum Gasteiger partial charge on any atom is 0.297 e. The molecule has 0 unspecified atom stereocenters. The van der Waals surface area contributed by atoms with E-state index in [1.54, 1.807) is 4.57 Å². The van der Waals surface area contributed by atoms with E-state index < -0.39 is 0 Å². The maximum atomic E-state index is 12.8. The molecule has 0 bridgehead atoms. The molecule has 1 heterocycles. The average molecular weight is 370 g/mol. The summed E-state index contributed by atoms with van der Waals surface area (Å²) in [6.07, 6.45) is 1.43. The van der Waals surface area contributed by atoms with Gasteiger partial charge in [-0.05, 0) is 42.7 Å². The van der Waals surface area contributed by atoms with E-state index in [1.165, 1.54) is 13.3 Å². The first-order chi connectivity index (χ1) is 12.5. The normalized spacial score (nSPS) is 10.6. The van der Waals surface area contributed by atoms with Crippen molar-refractivity contribution < 1.29 is 4.74 Å². The molecule has 2 aromatic carbocycles. The van der Waals surface area contributed by atoms with E-state index in [0.29, 0.717) is 17.5 Å². The Bertz CT molecular complexity index is 984. The van der Waals surface area contributed by atoms with Gasteiger partial charge < -0.3 is 10.1 Å². The van der Waals surface area contributed by atoms with Crippen LogP contribution in [0.3, 0.4) is 0 Å². The van der Waals surface area contributed by atoms with Crippen molar-refractivity contribution in [3.05, 3.63) is 80.7 Å². The number of hydrogen-bond acceptors (Lipinski definition) is 4. The van der Waals surface area contributed by atoms with Crippen LogP contribution in [-0.2, 0) is 6.54 Å². The fourth-order valence-corrected chi connectivity index (χ4v) is 2.88.